The molecule has 0 saturated heterocycles. The van der Waals surface area contributed by atoms with Crippen LogP contribution in [0.25, 0.3) is 0 Å². The summed E-state index contributed by atoms with van der Waals surface area (Å²) in [5.74, 6) is -0.616. The Hall–Kier alpha value is -0.880. The largest absolute Gasteiger partial charge is 0.435 e. The van der Waals surface area contributed by atoms with Gasteiger partial charge in [0.15, 0.2) is 0 Å². The van der Waals surface area contributed by atoms with Crippen molar-refractivity contribution in [2.45, 2.75) is 26.2 Å². The third-order valence-electron chi connectivity index (χ3n) is 1.36. The van der Waals surface area contributed by atoms with Crippen molar-refractivity contribution in [1.29, 1.82) is 0 Å². The Morgan fingerprint density at radius 3 is 2.64 bits per heavy atom. The Balaban J connectivity index is 3.50. The first kappa shape index (κ1) is 13.1. The summed E-state index contributed by atoms with van der Waals surface area (Å²) in [4.78, 5) is 10.6. The van der Waals surface area contributed by atoms with Crippen LogP contribution in [0.5, 0.6) is 0 Å². The molecule has 0 heterocycles. The highest BCUT2D eigenvalue weighted by Gasteiger charge is 2.01. The number of carbonyl (C=O) groups is 1. The van der Waals surface area contributed by atoms with Gasteiger partial charge in [0.05, 0.1) is 12.0 Å². The fraction of sp³-hybridized carbons (Fsp3) is 0.625. The summed E-state index contributed by atoms with van der Waals surface area (Å²) in [6, 6.07) is 0. The van der Waals surface area contributed by atoms with Crippen molar-refractivity contribution < 1.29 is 22.5 Å². The highest BCUT2D eigenvalue weighted by atomic mass is 32.2. The van der Waals surface area contributed by atoms with Crippen LogP contribution in [0, 0.1) is 0 Å². The van der Waals surface area contributed by atoms with Crippen molar-refractivity contribution in [1.82, 2.24) is 0 Å². The van der Waals surface area contributed by atoms with Gasteiger partial charge in [-0.25, -0.2) is 0 Å². The second-order valence-electron chi connectivity index (χ2n) is 2.64. The molecule has 0 aromatic carbocycles. The van der Waals surface area contributed by atoms with Crippen LogP contribution in [0.2, 0.25) is 0 Å². The molecule has 1 N–H and O–H groups in total. The lowest BCUT2D eigenvalue weighted by molar-refractivity contribution is -0.137. The Kier molecular flexibility index (Phi) is 6.14. The molecule has 0 spiro atoms. The molecule has 0 atom stereocenters. The normalized spacial score (nSPS) is 11.9. The number of rotatable bonds is 6. The first-order valence-corrected chi connectivity index (χ1v) is 5.86. The number of hydrogen-bond donors (Lipinski definition) is 1. The summed E-state index contributed by atoms with van der Waals surface area (Å²) < 4.78 is 33.5. The van der Waals surface area contributed by atoms with E-state index in [-0.39, 0.29) is 11.7 Å². The van der Waals surface area contributed by atoms with Gasteiger partial charge in [0, 0.05) is 6.42 Å². The Morgan fingerprint density at radius 2 is 2.14 bits per heavy atom. The Bertz CT molecular complexity index is 291. The predicted octanol–water partition coefficient (Wildman–Crippen LogP) is 1.12. The van der Waals surface area contributed by atoms with E-state index >= 15 is 0 Å². The molecule has 0 bridgehead atoms. The number of unbranched alkanes of at least 4 members (excludes halogenated alkanes) is 1. The fourth-order valence-electron chi connectivity index (χ4n) is 0.659. The number of allylic oxidation sites excluding steroid dienone is 1. The van der Waals surface area contributed by atoms with Crippen LogP contribution in [-0.4, -0.2) is 24.7 Å². The Labute approximate surface area is 83.5 Å². The molecular formula is C8H14O5S. The van der Waals surface area contributed by atoms with Gasteiger partial charge in [-0.2, -0.15) is 8.42 Å². The maximum atomic E-state index is 10.6. The molecule has 0 amide bonds. The third kappa shape index (κ3) is 9.21. The first-order chi connectivity index (χ1) is 6.45. The van der Waals surface area contributed by atoms with E-state index in [1.54, 1.807) is 13.0 Å². The molecule has 0 aromatic rings. The topological polar surface area (TPSA) is 80.7 Å². The van der Waals surface area contributed by atoms with E-state index in [4.69, 9.17) is 4.55 Å². The van der Waals surface area contributed by atoms with Gasteiger partial charge in [-0.05, 0) is 18.9 Å². The Morgan fingerprint density at radius 1 is 1.50 bits per heavy atom. The minimum absolute atomic E-state index is 0.279. The van der Waals surface area contributed by atoms with Gasteiger partial charge in [0.25, 0.3) is 10.1 Å². The lowest BCUT2D eigenvalue weighted by Crippen LogP contribution is -2.02. The summed E-state index contributed by atoms with van der Waals surface area (Å²) >= 11 is 0. The lowest BCUT2D eigenvalue weighted by Gasteiger charge is -1.94. The van der Waals surface area contributed by atoms with Crippen LogP contribution in [-0.2, 0) is 19.6 Å². The zero-order chi connectivity index (χ0) is 11.0. The molecule has 0 unspecified atom stereocenters. The quantitative estimate of drug-likeness (QED) is 0.315. The van der Waals surface area contributed by atoms with Crippen LogP contribution in [0.3, 0.4) is 0 Å². The average Bonchev–Trinajstić information content (AvgIpc) is 2.08. The zero-order valence-electron chi connectivity index (χ0n) is 7.97. The highest BCUT2D eigenvalue weighted by Crippen LogP contribution is 1.96. The van der Waals surface area contributed by atoms with Gasteiger partial charge in [-0.15, -0.1) is 0 Å². The molecule has 0 radical (unpaired) electrons. The summed E-state index contributed by atoms with van der Waals surface area (Å²) in [7, 11) is -3.87. The minimum Gasteiger partial charge on any atom is -0.435 e. The van der Waals surface area contributed by atoms with E-state index in [1.807, 2.05) is 0 Å². The van der Waals surface area contributed by atoms with Gasteiger partial charge < -0.3 is 4.74 Å². The average molecular weight is 222 g/mol. The molecule has 5 nitrogen and oxygen atoms in total. The van der Waals surface area contributed by atoms with Crippen molar-refractivity contribution in [3.63, 3.8) is 0 Å². The van der Waals surface area contributed by atoms with Gasteiger partial charge in [0.1, 0.15) is 0 Å². The number of esters is 1. The molecular weight excluding hydrogens is 208 g/mol. The van der Waals surface area contributed by atoms with Gasteiger partial charge in [-0.3, -0.25) is 9.35 Å². The van der Waals surface area contributed by atoms with Crippen molar-refractivity contribution in [3.05, 3.63) is 12.3 Å². The van der Waals surface area contributed by atoms with Crippen LogP contribution >= 0.6 is 0 Å². The zero-order valence-corrected chi connectivity index (χ0v) is 8.79. The molecule has 14 heavy (non-hydrogen) atoms. The van der Waals surface area contributed by atoms with Crippen molar-refractivity contribution in [2.24, 2.45) is 0 Å². The summed E-state index contributed by atoms with van der Waals surface area (Å²) in [5.41, 5.74) is 0. The molecule has 0 aliphatic heterocycles. The molecule has 0 saturated carbocycles. The summed E-state index contributed by atoms with van der Waals surface area (Å²) in [6.45, 7) is 1.68. The molecule has 0 aliphatic rings. The van der Waals surface area contributed by atoms with Crippen LogP contribution in [0.1, 0.15) is 26.2 Å². The van der Waals surface area contributed by atoms with Crippen molar-refractivity contribution in [2.75, 3.05) is 5.75 Å². The van der Waals surface area contributed by atoms with Crippen LogP contribution in [0.15, 0.2) is 12.3 Å². The maximum Gasteiger partial charge on any atom is 0.310 e. The van der Waals surface area contributed by atoms with Crippen molar-refractivity contribution in [3.8, 4) is 0 Å². The molecule has 0 fully saturated rings. The van der Waals surface area contributed by atoms with Gasteiger partial charge in [-0.1, -0.05) is 6.92 Å². The minimum atomic E-state index is -3.87. The van der Waals surface area contributed by atoms with E-state index in [0.717, 1.165) is 0 Å². The van der Waals surface area contributed by atoms with Crippen molar-refractivity contribution >= 4 is 16.1 Å². The maximum absolute atomic E-state index is 10.6. The number of hydrogen-bond acceptors (Lipinski definition) is 4. The highest BCUT2D eigenvalue weighted by molar-refractivity contribution is 7.85. The van der Waals surface area contributed by atoms with E-state index in [9.17, 15) is 13.2 Å². The van der Waals surface area contributed by atoms with Crippen LogP contribution in [0.4, 0.5) is 0 Å². The number of carbonyl (C=O) groups excluding carboxylic acids is 1. The first-order valence-electron chi connectivity index (χ1n) is 4.25. The van der Waals surface area contributed by atoms with Gasteiger partial charge >= 0.3 is 5.97 Å². The predicted molar refractivity (Wildman–Crippen MR) is 51.2 cm³/mol. The molecule has 0 aromatic heterocycles. The van der Waals surface area contributed by atoms with E-state index in [2.05, 4.69) is 4.74 Å². The smallest absolute Gasteiger partial charge is 0.310 e. The monoisotopic (exact) mass is 222 g/mol. The van der Waals surface area contributed by atoms with E-state index in [0.29, 0.717) is 19.3 Å². The third-order valence-corrected chi connectivity index (χ3v) is 2.16. The molecule has 82 valence electrons. The second-order valence-corrected chi connectivity index (χ2v) is 4.22. The summed E-state index contributed by atoms with van der Waals surface area (Å²) in [5, 5.41) is 0. The summed E-state index contributed by atoms with van der Waals surface area (Å²) in [6.07, 6.45) is 3.82. The van der Waals surface area contributed by atoms with Gasteiger partial charge in [0.2, 0.25) is 0 Å². The van der Waals surface area contributed by atoms with E-state index in [1.165, 1.54) is 6.26 Å². The molecule has 0 aliphatic carbocycles. The van der Waals surface area contributed by atoms with E-state index < -0.39 is 10.1 Å². The SMILES string of the molecule is CCC(=O)OC=CCCCS(=O)(=O)O. The number of ether oxygens (including phenoxy) is 1. The molecule has 0 rings (SSSR count). The van der Waals surface area contributed by atoms with Crippen LogP contribution < -0.4 is 0 Å². The lowest BCUT2D eigenvalue weighted by atomic mass is 10.3. The fourth-order valence-corrected chi connectivity index (χ4v) is 1.19. The second kappa shape index (κ2) is 6.56. The standard InChI is InChI=1S/C8H14O5S/c1-2-8(9)13-6-4-3-5-7-14(10,11)12/h4,6H,2-3,5,7H2,1H3,(H,10,11,12). The molecule has 6 heteroatoms.